The molecule has 0 saturated carbocycles. The Balaban J connectivity index is 1.48. The second-order valence-corrected chi connectivity index (χ2v) is 8.88. The largest absolute Gasteiger partial charge is 0.490 e. The second-order valence-electron chi connectivity index (χ2n) is 8.88. The summed E-state index contributed by atoms with van der Waals surface area (Å²) in [7, 11) is 4.49. The number of piperidine rings is 2. The monoisotopic (exact) mass is 360 g/mol. The third kappa shape index (κ3) is 5.21. The summed E-state index contributed by atoms with van der Waals surface area (Å²) in [5.74, 6) is 1.04. The van der Waals surface area contributed by atoms with Gasteiger partial charge in [0.05, 0.1) is 20.1 Å². The Morgan fingerprint density at radius 2 is 1.69 bits per heavy atom. The van der Waals surface area contributed by atoms with E-state index in [2.05, 4.69) is 62.4 Å². The fourth-order valence-corrected chi connectivity index (χ4v) is 4.45. The fraction of sp³-hybridized carbons (Fsp3) is 0.727. The first-order chi connectivity index (χ1) is 12.5. The number of likely N-dealkylation sites (tertiary alicyclic amines) is 2. The Hall–Kier alpha value is -1.10. The van der Waals surface area contributed by atoms with Gasteiger partial charge in [0.2, 0.25) is 0 Å². The number of hydrogen-bond donors (Lipinski definition) is 1. The SMILES string of the molecule is CNC1CC[N+](C)(Cc2ccc(OC3CCN(C(C)C)CC3)cc2)CC1. The van der Waals surface area contributed by atoms with Crippen molar-refractivity contribution in [3.63, 3.8) is 0 Å². The summed E-state index contributed by atoms with van der Waals surface area (Å²) < 4.78 is 7.40. The average Bonchev–Trinajstić information content (AvgIpc) is 2.64. The lowest BCUT2D eigenvalue weighted by Crippen LogP contribution is -2.52. The summed E-state index contributed by atoms with van der Waals surface area (Å²) in [6.07, 6.45) is 5.22. The Kier molecular flexibility index (Phi) is 6.60. The van der Waals surface area contributed by atoms with Crippen molar-refractivity contribution in [2.45, 2.75) is 64.3 Å². The molecule has 2 fully saturated rings. The summed E-state index contributed by atoms with van der Waals surface area (Å²) in [5, 5.41) is 3.43. The van der Waals surface area contributed by atoms with Gasteiger partial charge in [-0.2, -0.15) is 0 Å². The average molecular weight is 361 g/mol. The molecular formula is C22H38N3O+. The molecule has 0 bridgehead atoms. The molecule has 4 heteroatoms. The first-order valence-electron chi connectivity index (χ1n) is 10.5. The molecule has 0 aromatic heterocycles. The summed E-state index contributed by atoms with van der Waals surface area (Å²) in [4.78, 5) is 2.55. The number of ether oxygens (including phenoxy) is 1. The van der Waals surface area contributed by atoms with Crippen LogP contribution in [0.3, 0.4) is 0 Å². The lowest BCUT2D eigenvalue weighted by atomic mass is 10.0. The Morgan fingerprint density at radius 1 is 1.08 bits per heavy atom. The molecule has 0 spiro atoms. The van der Waals surface area contributed by atoms with Gasteiger partial charge < -0.3 is 19.4 Å². The van der Waals surface area contributed by atoms with Crippen molar-refractivity contribution < 1.29 is 9.22 Å². The maximum absolute atomic E-state index is 6.24. The molecule has 2 aliphatic heterocycles. The number of nitrogens with zero attached hydrogens (tertiary/aromatic N) is 2. The number of benzene rings is 1. The van der Waals surface area contributed by atoms with E-state index in [1.54, 1.807) is 0 Å². The zero-order valence-electron chi connectivity index (χ0n) is 17.2. The molecule has 1 aromatic carbocycles. The molecule has 0 aliphatic carbocycles. The van der Waals surface area contributed by atoms with Crippen LogP contribution in [-0.4, -0.2) is 67.8 Å². The molecule has 0 radical (unpaired) electrons. The maximum atomic E-state index is 6.24. The van der Waals surface area contributed by atoms with E-state index in [1.165, 1.54) is 31.5 Å². The minimum Gasteiger partial charge on any atom is -0.490 e. The highest BCUT2D eigenvalue weighted by Crippen LogP contribution is 2.24. The first-order valence-corrected chi connectivity index (χ1v) is 10.5. The van der Waals surface area contributed by atoms with Crippen LogP contribution < -0.4 is 10.1 Å². The molecule has 1 N–H and O–H groups in total. The van der Waals surface area contributed by atoms with Crippen LogP contribution in [-0.2, 0) is 6.54 Å². The third-order valence-electron chi connectivity index (χ3n) is 6.44. The molecule has 2 saturated heterocycles. The minimum absolute atomic E-state index is 0.376. The number of quaternary nitrogens is 1. The van der Waals surface area contributed by atoms with E-state index >= 15 is 0 Å². The van der Waals surface area contributed by atoms with Gasteiger partial charge in [0.25, 0.3) is 0 Å². The van der Waals surface area contributed by atoms with Crippen molar-refractivity contribution in [1.82, 2.24) is 10.2 Å². The van der Waals surface area contributed by atoms with Gasteiger partial charge in [0.15, 0.2) is 0 Å². The molecule has 26 heavy (non-hydrogen) atoms. The van der Waals surface area contributed by atoms with Gasteiger partial charge in [0.1, 0.15) is 18.4 Å². The maximum Gasteiger partial charge on any atom is 0.119 e. The second kappa shape index (κ2) is 8.73. The van der Waals surface area contributed by atoms with Crippen LogP contribution in [0.2, 0.25) is 0 Å². The topological polar surface area (TPSA) is 24.5 Å². The molecule has 0 atom stereocenters. The number of rotatable bonds is 6. The van der Waals surface area contributed by atoms with Crippen LogP contribution in [0.4, 0.5) is 0 Å². The van der Waals surface area contributed by atoms with Crippen molar-refractivity contribution in [3.05, 3.63) is 29.8 Å². The van der Waals surface area contributed by atoms with E-state index in [-0.39, 0.29) is 0 Å². The molecule has 4 nitrogen and oxygen atoms in total. The molecule has 3 rings (SSSR count). The molecule has 0 amide bonds. The summed E-state index contributed by atoms with van der Waals surface area (Å²) in [6.45, 7) is 10.5. The van der Waals surface area contributed by atoms with Crippen LogP contribution in [0.5, 0.6) is 5.75 Å². The van der Waals surface area contributed by atoms with E-state index in [9.17, 15) is 0 Å². The highest BCUT2D eigenvalue weighted by Gasteiger charge is 2.29. The van der Waals surface area contributed by atoms with Crippen LogP contribution in [0.1, 0.15) is 45.1 Å². The molecule has 2 heterocycles. The predicted molar refractivity (Wildman–Crippen MR) is 109 cm³/mol. The van der Waals surface area contributed by atoms with Gasteiger partial charge in [0, 0.05) is 43.6 Å². The summed E-state index contributed by atoms with van der Waals surface area (Å²) in [5.41, 5.74) is 1.43. The van der Waals surface area contributed by atoms with Crippen molar-refractivity contribution >= 4 is 0 Å². The molecule has 0 unspecified atom stereocenters. The van der Waals surface area contributed by atoms with Gasteiger partial charge in [-0.15, -0.1) is 0 Å². The van der Waals surface area contributed by atoms with E-state index < -0.39 is 0 Å². The zero-order valence-corrected chi connectivity index (χ0v) is 17.2. The minimum atomic E-state index is 0.376. The predicted octanol–water partition coefficient (Wildman–Crippen LogP) is 3.27. The van der Waals surface area contributed by atoms with Gasteiger partial charge in [-0.3, -0.25) is 0 Å². The van der Waals surface area contributed by atoms with Gasteiger partial charge in [-0.25, -0.2) is 0 Å². The Morgan fingerprint density at radius 3 is 2.23 bits per heavy atom. The quantitative estimate of drug-likeness (QED) is 0.788. The Bertz CT molecular complexity index is 541. The van der Waals surface area contributed by atoms with Crippen LogP contribution in [0.15, 0.2) is 24.3 Å². The summed E-state index contributed by atoms with van der Waals surface area (Å²) >= 11 is 0. The van der Waals surface area contributed by atoms with Crippen LogP contribution >= 0.6 is 0 Å². The van der Waals surface area contributed by atoms with Gasteiger partial charge in [-0.1, -0.05) is 0 Å². The molecule has 2 aliphatic rings. The first kappa shape index (κ1) is 19.7. The fourth-order valence-electron chi connectivity index (χ4n) is 4.45. The number of hydrogen-bond acceptors (Lipinski definition) is 3. The highest BCUT2D eigenvalue weighted by atomic mass is 16.5. The smallest absolute Gasteiger partial charge is 0.119 e. The van der Waals surface area contributed by atoms with E-state index in [0.29, 0.717) is 18.2 Å². The molecular weight excluding hydrogens is 322 g/mol. The highest BCUT2D eigenvalue weighted by molar-refractivity contribution is 5.27. The number of nitrogens with one attached hydrogen (secondary N) is 1. The van der Waals surface area contributed by atoms with Gasteiger partial charge >= 0.3 is 0 Å². The molecule has 1 aromatic rings. The van der Waals surface area contributed by atoms with Crippen molar-refractivity contribution in [3.8, 4) is 5.75 Å². The van der Waals surface area contributed by atoms with Crippen molar-refractivity contribution in [2.75, 3.05) is 40.3 Å². The van der Waals surface area contributed by atoms with Crippen LogP contribution in [0, 0.1) is 0 Å². The van der Waals surface area contributed by atoms with Gasteiger partial charge in [-0.05, 0) is 58.0 Å². The Labute approximate surface area is 160 Å². The van der Waals surface area contributed by atoms with Crippen molar-refractivity contribution in [2.24, 2.45) is 0 Å². The van der Waals surface area contributed by atoms with Crippen molar-refractivity contribution in [1.29, 1.82) is 0 Å². The van der Waals surface area contributed by atoms with Crippen LogP contribution in [0.25, 0.3) is 0 Å². The van der Waals surface area contributed by atoms with E-state index in [0.717, 1.165) is 42.7 Å². The van der Waals surface area contributed by atoms with E-state index in [4.69, 9.17) is 4.74 Å². The van der Waals surface area contributed by atoms with E-state index in [1.807, 2.05) is 0 Å². The standard InChI is InChI=1S/C22H38N3O/c1-18(2)24-13-9-22(10-14-24)26-21-7-5-19(6-8-21)17-25(4)15-11-20(23-3)12-16-25/h5-8,18,20,22-23H,9-17H2,1-4H3/q+1. The lowest BCUT2D eigenvalue weighted by molar-refractivity contribution is -0.927. The lowest BCUT2D eigenvalue weighted by Gasteiger charge is -2.40. The summed E-state index contributed by atoms with van der Waals surface area (Å²) in [6, 6.07) is 10.3. The molecule has 146 valence electrons. The zero-order chi connectivity index (χ0) is 18.6. The normalized spacial score (nSPS) is 28.4. The third-order valence-corrected chi connectivity index (χ3v) is 6.44.